The van der Waals surface area contributed by atoms with Gasteiger partial charge in [-0.1, -0.05) is 18.3 Å². The first kappa shape index (κ1) is 15.8. The zero-order valence-corrected chi connectivity index (χ0v) is 13.2. The van der Waals surface area contributed by atoms with Gasteiger partial charge in [-0.15, -0.1) is 10.2 Å². The van der Waals surface area contributed by atoms with Crippen LogP contribution in [0.1, 0.15) is 17.5 Å². The maximum Gasteiger partial charge on any atom is 0.263 e. The molecule has 0 aliphatic heterocycles. The Balaban J connectivity index is 2.28. The molecule has 2 N–H and O–H groups in total. The molecule has 2 rings (SSSR count). The van der Waals surface area contributed by atoms with E-state index in [4.69, 9.17) is 0 Å². The van der Waals surface area contributed by atoms with E-state index in [1.54, 1.807) is 7.05 Å². The number of hydrogen-bond donors (Lipinski definition) is 2. The third-order valence-corrected chi connectivity index (χ3v) is 5.13. The summed E-state index contributed by atoms with van der Waals surface area (Å²) in [5.74, 6) is -0.451. The van der Waals surface area contributed by atoms with E-state index >= 15 is 0 Å². The molecule has 1 aromatic heterocycles. The minimum atomic E-state index is -3.80. The van der Waals surface area contributed by atoms with E-state index in [-0.39, 0.29) is 22.1 Å². The fraction of sp³-hybridized carbons (Fsp3) is 0.333. The van der Waals surface area contributed by atoms with Gasteiger partial charge in [-0.25, -0.2) is 12.8 Å². The van der Waals surface area contributed by atoms with E-state index in [0.717, 1.165) is 11.1 Å². The molecule has 9 heteroatoms. The van der Waals surface area contributed by atoms with Crippen LogP contribution >= 0.6 is 11.3 Å². The first-order chi connectivity index (χ1) is 9.96. The molecule has 0 aliphatic carbocycles. The van der Waals surface area contributed by atoms with Crippen molar-refractivity contribution in [2.75, 3.05) is 11.8 Å². The van der Waals surface area contributed by atoms with Crippen molar-refractivity contribution < 1.29 is 12.8 Å². The number of aromatic nitrogens is 2. The lowest BCUT2D eigenvalue weighted by Gasteiger charge is -2.08. The van der Waals surface area contributed by atoms with Crippen molar-refractivity contribution in [1.29, 1.82) is 0 Å². The van der Waals surface area contributed by atoms with Crippen LogP contribution < -0.4 is 10.0 Å². The molecule has 2 aromatic rings. The van der Waals surface area contributed by atoms with Crippen LogP contribution in [0, 0.1) is 5.82 Å². The molecule has 0 fully saturated rings. The molecule has 0 unspecified atom stereocenters. The van der Waals surface area contributed by atoms with Crippen molar-refractivity contribution in [1.82, 2.24) is 15.5 Å². The van der Waals surface area contributed by atoms with Gasteiger partial charge in [0.15, 0.2) is 0 Å². The number of hydrogen-bond acceptors (Lipinski definition) is 6. The molecule has 21 heavy (non-hydrogen) atoms. The summed E-state index contributed by atoms with van der Waals surface area (Å²) in [5, 5.41) is 11.3. The minimum absolute atomic E-state index is 0.0117. The summed E-state index contributed by atoms with van der Waals surface area (Å²) in [7, 11) is -2.14. The van der Waals surface area contributed by atoms with E-state index in [1.807, 2.05) is 6.92 Å². The van der Waals surface area contributed by atoms with Crippen molar-refractivity contribution in [2.24, 2.45) is 0 Å². The van der Waals surface area contributed by atoms with Crippen molar-refractivity contribution in [3.05, 3.63) is 34.6 Å². The Hall–Kier alpha value is -1.58. The highest BCUT2D eigenvalue weighted by molar-refractivity contribution is 7.93. The highest BCUT2D eigenvalue weighted by atomic mass is 32.2. The lowest BCUT2D eigenvalue weighted by atomic mass is 10.2. The van der Waals surface area contributed by atoms with Crippen LogP contribution in [0.15, 0.2) is 23.1 Å². The number of benzene rings is 1. The SMILES string of the molecule is CCc1nnc(NS(=O)(=O)c2ccc(F)c(CNC)c2)s1. The standard InChI is InChI=1S/C12H15FN4O2S2/c1-3-11-15-16-12(20-11)17-21(18,19)9-4-5-10(13)8(6-9)7-14-2/h4-6,14H,3,7H2,1-2H3,(H,16,17). The molecule has 0 atom stereocenters. The summed E-state index contributed by atoms with van der Waals surface area (Å²) in [6.07, 6.45) is 0.683. The summed E-state index contributed by atoms with van der Waals surface area (Å²) in [5.41, 5.74) is 0.284. The molecular weight excluding hydrogens is 315 g/mol. The third-order valence-electron chi connectivity index (χ3n) is 2.69. The average Bonchev–Trinajstić information content (AvgIpc) is 2.88. The van der Waals surface area contributed by atoms with Crippen LogP contribution in [0.2, 0.25) is 0 Å². The highest BCUT2D eigenvalue weighted by Crippen LogP contribution is 2.21. The average molecular weight is 330 g/mol. The molecule has 0 bridgehead atoms. The molecule has 0 amide bonds. The Labute approximate surface area is 126 Å². The molecule has 0 aliphatic rings. The van der Waals surface area contributed by atoms with Crippen molar-refractivity contribution >= 4 is 26.5 Å². The van der Waals surface area contributed by atoms with E-state index in [0.29, 0.717) is 6.42 Å². The largest absolute Gasteiger partial charge is 0.316 e. The minimum Gasteiger partial charge on any atom is -0.316 e. The van der Waals surface area contributed by atoms with E-state index in [9.17, 15) is 12.8 Å². The van der Waals surface area contributed by atoms with Crippen molar-refractivity contribution in [2.45, 2.75) is 24.8 Å². The van der Waals surface area contributed by atoms with Gasteiger partial charge in [0.05, 0.1) is 4.90 Å². The predicted octanol–water partition coefficient (Wildman–Crippen LogP) is 1.76. The quantitative estimate of drug-likeness (QED) is 0.843. The third kappa shape index (κ3) is 3.74. The van der Waals surface area contributed by atoms with Crippen molar-refractivity contribution in [3.8, 4) is 0 Å². The summed E-state index contributed by atoms with van der Waals surface area (Å²) in [4.78, 5) is -0.0117. The van der Waals surface area contributed by atoms with Gasteiger partial charge < -0.3 is 5.32 Å². The second-order valence-electron chi connectivity index (χ2n) is 4.24. The smallest absolute Gasteiger partial charge is 0.263 e. The number of aryl methyl sites for hydroxylation is 1. The van der Waals surface area contributed by atoms with E-state index < -0.39 is 15.8 Å². The maximum absolute atomic E-state index is 13.5. The summed E-state index contributed by atoms with van der Waals surface area (Å²) < 4.78 is 40.4. The van der Waals surface area contributed by atoms with Crippen LogP contribution in [0.4, 0.5) is 9.52 Å². The first-order valence-corrected chi connectivity index (χ1v) is 8.54. The Morgan fingerprint density at radius 1 is 1.33 bits per heavy atom. The zero-order chi connectivity index (χ0) is 15.5. The molecule has 114 valence electrons. The topological polar surface area (TPSA) is 84.0 Å². The molecule has 1 heterocycles. The van der Waals surface area contributed by atoms with Gasteiger partial charge in [0.1, 0.15) is 10.8 Å². The second-order valence-corrected chi connectivity index (χ2v) is 6.99. The molecule has 6 nitrogen and oxygen atoms in total. The summed E-state index contributed by atoms with van der Waals surface area (Å²) in [6, 6.07) is 3.66. The van der Waals surface area contributed by atoms with Crippen LogP contribution in [-0.2, 0) is 23.0 Å². The van der Waals surface area contributed by atoms with E-state index in [1.165, 1.54) is 23.5 Å². The molecule has 0 radical (unpaired) electrons. The molecule has 1 aromatic carbocycles. The van der Waals surface area contributed by atoms with Crippen LogP contribution in [0.25, 0.3) is 0 Å². The van der Waals surface area contributed by atoms with Crippen LogP contribution in [0.5, 0.6) is 0 Å². The summed E-state index contributed by atoms with van der Waals surface area (Å²) >= 11 is 1.17. The number of sulfonamides is 1. The molecular formula is C12H15FN4O2S2. The fourth-order valence-corrected chi connectivity index (χ4v) is 3.62. The molecule has 0 saturated carbocycles. The number of anilines is 1. The number of nitrogens with one attached hydrogen (secondary N) is 2. The Morgan fingerprint density at radius 2 is 2.10 bits per heavy atom. The predicted molar refractivity (Wildman–Crippen MR) is 79.3 cm³/mol. The highest BCUT2D eigenvalue weighted by Gasteiger charge is 2.18. The van der Waals surface area contributed by atoms with Crippen LogP contribution in [-0.4, -0.2) is 25.7 Å². The molecule has 0 saturated heterocycles. The lowest BCUT2D eigenvalue weighted by molar-refractivity contribution is 0.591. The summed E-state index contributed by atoms with van der Waals surface area (Å²) in [6.45, 7) is 2.15. The molecule has 0 spiro atoms. The van der Waals surface area contributed by atoms with Gasteiger partial charge >= 0.3 is 0 Å². The zero-order valence-electron chi connectivity index (χ0n) is 11.6. The Bertz CT molecular complexity index is 731. The van der Waals surface area contributed by atoms with Gasteiger partial charge in [0.2, 0.25) is 5.13 Å². The van der Waals surface area contributed by atoms with Gasteiger partial charge in [-0.05, 0) is 31.7 Å². The second kappa shape index (κ2) is 6.46. The van der Waals surface area contributed by atoms with Gasteiger partial charge in [0.25, 0.3) is 10.0 Å². The number of rotatable bonds is 6. The lowest BCUT2D eigenvalue weighted by Crippen LogP contribution is -2.14. The first-order valence-electron chi connectivity index (χ1n) is 6.24. The normalized spacial score (nSPS) is 11.6. The van der Waals surface area contributed by atoms with Crippen LogP contribution in [0.3, 0.4) is 0 Å². The number of nitrogens with zero attached hydrogens (tertiary/aromatic N) is 2. The Morgan fingerprint density at radius 3 is 2.71 bits per heavy atom. The number of halogens is 1. The van der Waals surface area contributed by atoms with E-state index in [2.05, 4.69) is 20.2 Å². The maximum atomic E-state index is 13.5. The van der Waals surface area contributed by atoms with Gasteiger partial charge in [-0.2, -0.15) is 0 Å². The fourth-order valence-electron chi connectivity index (χ4n) is 1.66. The monoisotopic (exact) mass is 330 g/mol. The van der Waals surface area contributed by atoms with Gasteiger partial charge in [-0.3, -0.25) is 4.72 Å². The van der Waals surface area contributed by atoms with Crippen molar-refractivity contribution in [3.63, 3.8) is 0 Å². The Kier molecular flexibility index (Phi) is 4.86. The van der Waals surface area contributed by atoms with Gasteiger partial charge in [0, 0.05) is 12.1 Å².